The number of rotatable bonds is 5. The van der Waals surface area contributed by atoms with Crippen molar-refractivity contribution in [1.82, 2.24) is 4.90 Å². The number of nitrogens with one attached hydrogen (secondary N) is 1. The first kappa shape index (κ1) is 24.9. The van der Waals surface area contributed by atoms with E-state index in [2.05, 4.69) is 10.2 Å². The fraction of sp³-hybridized carbons (Fsp3) is 0.286. The van der Waals surface area contributed by atoms with Gasteiger partial charge in [-0.3, -0.25) is 24.6 Å². The van der Waals surface area contributed by atoms with Gasteiger partial charge in [-0.1, -0.05) is 35.3 Å². The molecule has 6 rings (SSSR count). The molecule has 1 N–H and O–H groups in total. The van der Waals surface area contributed by atoms with E-state index in [0.717, 1.165) is 18.4 Å². The summed E-state index contributed by atoms with van der Waals surface area (Å²) < 4.78 is 5.51. The minimum Gasteiger partial charge on any atom is -0.497 e. The summed E-state index contributed by atoms with van der Waals surface area (Å²) in [6.07, 6.45) is 1.64. The van der Waals surface area contributed by atoms with Crippen LogP contribution in [0.4, 0.5) is 11.4 Å². The Morgan fingerprint density at radius 2 is 1.87 bits per heavy atom. The maximum absolute atomic E-state index is 14.5. The monoisotopic (exact) mass is 551 g/mol. The smallest absolute Gasteiger partial charge is 0.269 e. The van der Waals surface area contributed by atoms with Crippen LogP contribution in [0.2, 0.25) is 10.0 Å². The molecule has 3 aromatic carbocycles. The maximum atomic E-state index is 14.5. The minimum absolute atomic E-state index is 0.0363. The average Bonchev–Trinajstić information content (AvgIpc) is 3.58. The molecule has 3 unspecified atom stereocenters. The second-order valence-corrected chi connectivity index (χ2v) is 10.7. The van der Waals surface area contributed by atoms with Crippen molar-refractivity contribution in [3.8, 4) is 5.75 Å². The summed E-state index contributed by atoms with van der Waals surface area (Å²) in [5.41, 5.74) is 1.12. The molecule has 3 heterocycles. The molecule has 4 atom stereocenters. The number of hydrogen-bond acceptors (Lipinski definition) is 6. The Hall–Kier alpha value is -3.46. The molecule has 3 aliphatic heterocycles. The number of nitro benzene ring substituents is 1. The maximum Gasteiger partial charge on any atom is 0.269 e. The SMILES string of the molecule is COc1ccc2c(c1)[C@]1(C(=O)N2)C(C(=O)c2ccc(Cl)c(Cl)c2)C(c2ccc([N+](=O)[O-])cc2)C2CCCN21. The zero-order valence-electron chi connectivity index (χ0n) is 20.3. The van der Waals surface area contributed by atoms with Crippen LogP contribution >= 0.6 is 23.2 Å². The molecule has 0 aromatic heterocycles. The van der Waals surface area contributed by atoms with Crippen LogP contribution in [0.5, 0.6) is 5.75 Å². The summed E-state index contributed by atoms with van der Waals surface area (Å²) in [6.45, 7) is 0.628. The number of anilines is 1. The number of nitro groups is 1. The lowest BCUT2D eigenvalue weighted by Crippen LogP contribution is -2.52. The first-order chi connectivity index (χ1) is 18.3. The van der Waals surface area contributed by atoms with Crippen LogP contribution in [-0.2, 0) is 10.3 Å². The number of carbonyl (C=O) groups is 2. The van der Waals surface area contributed by atoms with Gasteiger partial charge in [-0.15, -0.1) is 0 Å². The van der Waals surface area contributed by atoms with E-state index in [1.54, 1.807) is 43.5 Å². The molecule has 10 heteroatoms. The van der Waals surface area contributed by atoms with Gasteiger partial charge in [0.15, 0.2) is 5.78 Å². The van der Waals surface area contributed by atoms with Gasteiger partial charge in [-0.2, -0.15) is 0 Å². The molecule has 0 bridgehead atoms. The number of fused-ring (bicyclic) bond motifs is 4. The summed E-state index contributed by atoms with van der Waals surface area (Å²) in [7, 11) is 1.56. The third kappa shape index (κ3) is 3.47. The summed E-state index contributed by atoms with van der Waals surface area (Å²) >= 11 is 12.5. The predicted octanol–water partition coefficient (Wildman–Crippen LogP) is 5.82. The Labute approximate surface area is 228 Å². The highest BCUT2D eigenvalue weighted by Gasteiger charge is 2.69. The van der Waals surface area contributed by atoms with Crippen molar-refractivity contribution in [1.29, 1.82) is 0 Å². The van der Waals surface area contributed by atoms with Crippen LogP contribution in [0.3, 0.4) is 0 Å². The number of hydrogen-bond donors (Lipinski definition) is 1. The number of ketones is 1. The van der Waals surface area contributed by atoms with E-state index in [0.29, 0.717) is 34.1 Å². The van der Waals surface area contributed by atoms with Crippen LogP contribution in [-0.4, -0.2) is 41.2 Å². The van der Waals surface area contributed by atoms with E-state index in [9.17, 15) is 19.7 Å². The normalized spacial score (nSPS) is 25.8. The number of amides is 1. The van der Waals surface area contributed by atoms with Gasteiger partial charge in [0.05, 0.1) is 28.0 Å². The zero-order valence-corrected chi connectivity index (χ0v) is 21.8. The minimum atomic E-state index is -1.29. The highest BCUT2D eigenvalue weighted by molar-refractivity contribution is 6.42. The van der Waals surface area contributed by atoms with E-state index in [1.165, 1.54) is 18.2 Å². The standard InChI is InChI=1S/C28H23Cl2N3O5/c1-38-18-9-11-22-19(14-18)28(27(35)31-22)25(26(34)16-6-10-20(29)21(30)13-16)24(23-3-2-12-32(23)28)15-4-7-17(8-5-15)33(36)37/h4-11,13-14,23-25H,2-3,12H2,1H3,(H,31,35)/t23?,24?,25?,28-/m1/s1. The second-order valence-electron chi connectivity index (χ2n) is 9.88. The topological polar surface area (TPSA) is 102 Å². The number of non-ortho nitro benzene ring substituents is 1. The molecule has 1 amide bonds. The van der Waals surface area contributed by atoms with Gasteiger partial charge in [0, 0.05) is 40.9 Å². The van der Waals surface area contributed by atoms with Gasteiger partial charge >= 0.3 is 0 Å². The lowest BCUT2D eigenvalue weighted by atomic mass is 9.68. The molecule has 0 saturated carbocycles. The summed E-state index contributed by atoms with van der Waals surface area (Å²) in [5.74, 6) is -1.17. The Kier molecular flexibility index (Phi) is 5.94. The van der Waals surface area contributed by atoms with E-state index >= 15 is 0 Å². The molecular weight excluding hydrogens is 529 g/mol. The van der Waals surface area contributed by atoms with Crippen molar-refractivity contribution in [2.75, 3.05) is 19.0 Å². The van der Waals surface area contributed by atoms with Crippen molar-refractivity contribution in [2.24, 2.45) is 5.92 Å². The molecule has 3 aliphatic rings. The number of Topliss-reactive ketones (excluding diaryl/α,β-unsaturated/α-hetero) is 1. The molecule has 8 nitrogen and oxygen atoms in total. The quantitative estimate of drug-likeness (QED) is 0.243. The van der Waals surface area contributed by atoms with Gasteiger partial charge in [0.1, 0.15) is 11.3 Å². The fourth-order valence-corrected chi connectivity index (χ4v) is 6.99. The molecule has 1 spiro atoms. The summed E-state index contributed by atoms with van der Waals surface area (Å²) in [5, 5.41) is 14.9. The van der Waals surface area contributed by atoms with Gasteiger partial charge in [-0.25, -0.2) is 0 Å². The first-order valence-corrected chi connectivity index (χ1v) is 13.0. The van der Waals surface area contributed by atoms with Crippen LogP contribution in [0.1, 0.15) is 40.2 Å². The van der Waals surface area contributed by atoms with Crippen LogP contribution in [0.25, 0.3) is 0 Å². The molecule has 0 radical (unpaired) electrons. The third-order valence-electron chi connectivity index (χ3n) is 8.18. The van der Waals surface area contributed by atoms with E-state index in [4.69, 9.17) is 27.9 Å². The van der Waals surface area contributed by atoms with Crippen LogP contribution in [0.15, 0.2) is 60.7 Å². The first-order valence-electron chi connectivity index (χ1n) is 12.3. The van der Waals surface area contributed by atoms with Gasteiger partial charge in [-0.05, 0) is 61.3 Å². The van der Waals surface area contributed by atoms with Crippen molar-refractivity contribution in [3.05, 3.63) is 97.5 Å². The number of carbonyl (C=O) groups excluding carboxylic acids is 2. The van der Waals surface area contributed by atoms with E-state index < -0.39 is 22.3 Å². The Morgan fingerprint density at radius 1 is 1.11 bits per heavy atom. The third-order valence-corrected chi connectivity index (χ3v) is 8.92. The van der Waals surface area contributed by atoms with Crippen molar-refractivity contribution >= 4 is 46.3 Å². The number of halogens is 2. The molecule has 3 aromatic rings. The van der Waals surface area contributed by atoms with Crippen LogP contribution < -0.4 is 10.1 Å². The Balaban J connectivity index is 1.60. The number of benzene rings is 3. The zero-order chi connectivity index (χ0) is 26.8. The Morgan fingerprint density at radius 3 is 2.55 bits per heavy atom. The largest absolute Gasteiger partial charge is 0.497 e. The average molecular weight is 552 g/mol. The molecule has 38 heavy (non-hydrogen) atoms. The second kappa shape index (κ2) is 9.08. The molecular formula is C28H23Cl2N3O5. The summed E-state index contributed by atoms with van der Waals surface area (Å²) in [4.78, 5) is 41.7. The lowest BCUT2D eigenvalue weighted by Gasteiger charge is -2.37. The highest BCUT2D eigenvalue weighted by atomic mass is 35.5. The number of methoxy groups -OCH3 is 1. The molecule has 2 saturated heterocycles. The molecule has 0 aliphatic carbocycles. The molecule has 194 valence electrons. The van der Waals surface area contributed by atoms with Crippen molar-refractivity contribution in [2.45, 2.75) is 30.3 Å². The summed E-state index contributed by atoms with van der Waals surface area (Å²) in [6, 6.07) is 16.3. The predicted molar refractivity (Wildman–Crippen MR) is 143 cm³/mol. The molecule has 2 fully saturated rings. The fourth-order valence-electron chi connectivity index (χ4n) is 6.69. The van der Waals surface area contributed by atoms with Gasteiger partial charge < -0.3 is 10.1 Å². The number of nitrogens with zero attached hydrogens (tertiary/aromatic N) is 2. The van der Waals surface area contributed by atoms with E-state index in [-0.39, 0.29) is 28.4 Å². The van der Waals surface area contributed by atoms with Crippen molar-refractivity contribution < 1.29 is 19.2 Å². The van der Waals surface area contributed by atoms with Gasteiger partial charge in [0.25, 0.3) is 5.69 Å². The van der Waals surface area contributed by atoms with E-state index in [1.807, 2.05) is 6.07 Å². The highest BCUT2D eigenvalue weighted by Crippen LogP contribution is 2.61. The van der Waals surface area contributed by atoms with Crippen LogP contribution in [0, 0.1) is 16.0 Å². The van der Waals surface area contributed by atoms with Gasteiger partial charge in [0.2, 0.25) is 5.91 Å². The number of ether oxygens (including phenoxy) is 1. The lowest BCUT2D eigenvalue weighted by molar-refractivity contribution is -0.384. The Bertz CT molecular complexity index is 1490. The van der Waals surface area contributed by atoms with Crippen molar-refractivity contribution in [3.63, 3.8) is 0 Å².